The van der Waals surface area contributed by atoms with Crippen molar-refractivity contribution in [3.63, 3.8) is 0 Å². The zero-order valence-corrected chi connectivity index (χ0v) is 19.2. The third-order valence-corrected chi connectivity index (χ3v) is 9.78. The van der Waals surface area contributed by atoms with E-state index >= 15 is 0 Å². The van der Waals surface area contributed by atoms with Crippen LogP contribution in [0.5, 0.6) is 0 Å². The average Bonchev–Trinajstić information content (AvgIpc) is 3.02. The van der Waals surface area contributed by atoms with Gasteiger partial charge in [0.25, 0.3) is 0 Å². The Labute approximate surface area is 177 Å². The van der Waals surface area contributed by atoms with Crippen LogP contribution in [-0.4, -0.2) is 47.8 Å². The minimum absolute atomic E-state index is 0.198. The summed E-state index contributed by atoms with van der Waals surface area (Å²) in [4.78, 5) is 29.1. The number of likely N-dealkylation sites (N-methyl/N-ethyl adjacent to an activating group) is 1. The lowest BCUT2D eigenvalue weighted by Crippen LogP contribution is -2.61. The second-order valence-electron chi connectivity index (χ2n) is 10.7. The van der Waals surface area contributed by atoms with Crippen LogP contribution in [0.15, 0.2) is 11.6 Å². The van der Waals surface area contributed by atoms with Gasteiger partial charge in [-0.05, 0) is 87.4 Å². The molecule has 4 heteroatoms. The van der Waals surface area contributed by atoms with E-state index < -0.39 is 0 Å². The van der Waals surface area contributed by atoms with E-state index in [-0.39, 0.29) is 16.7 Å². The van der Waals surface area contributed by atoms with Crippen LogP contribution < -0.4 is 0 Å². The van der Waals surface area contributed by atoms with E-state index in [9.17, 15) is 9.59 Å². The standard InChI is InChI=1S/C25H40N2O2/c1-6-27(7-2)23(29)16-17-8-10-19-18-9-11-21-25(4,15-13-22(28)26(21)5)20(18)12-14-24(17,19)3/h16,18-21H,6-15H2,1-5H3/b17-16+. The lowest BCUT2D eigenvalue weighted by Gasteiger charge is -2.61. The van der Waals surface area contributed by atoms with Crippen LogP contribution in [0, 0.1) is 28.6 Å². The molecule has 4 fully saturated rings. The van der Waals surface area contributed by atoms with E-state index in [0.29, 0.717) is 17.9 Å². The van der Waals surface area contributed by atoms with Crippen molar-refractivity contribution in [2.45, 2.75) is 85.1 Å². The number of nitrogens with zero attached hydrogens (tertiary/aromatic N) is 2. The molecular formula is C25H40N2O2. The molecule has 1 aliphatic heterocycles. The fourth-order valence-electron chi connectivity index (χ4n) is 8.01. The van der Waals surface area contributed by atoms with Gasteiger partial charge in [0.1, 0.15) is 0 Å². The van der Waals surface area contributed by atoms with Gasteiger partial charge in [-0.25, -0.2) is 0 Å². The van der Waals surface area contributed by atoms with Crippen LogP contribution in [-0.2, 0) is 9.59 Å². The van der Waals surface area contributed by atoms with Crippen molar-refractivity contribution in [2.75, 3.05) is 20.1 Å². The van der Waals surface area contributed by atoms with Crippen molar-refractivity contribution >= 4 is 11.8 Å². The van der Waals surface area contributed by atoms with Crippen molar-refractivity contribution in [1.82, 2.24) is 9.80 Å². The number of hydrogen-bond acceptors (Lipinski definition) is 2. The largest absolute Gasteiger partial charge is 0.342 e. The summed E-state index contributed by atoms with van der Waals surface area (Å²) in [7, 11) is 2.03. The fraction of sp³-hybridized carbons (Fsp3) is 0.840. The van der Waals surface area contributed by atoms with Gasteiger partial charge in [0.2, 0.25) is 11.8 Å². The zero-order chi connectivity index (χ0) is 21.0. The van der Waals surface area contributed by atoms with E-state index in [2.05, 4.69) is 32.6 Å². The van der Waals surface area contributed by atoms with Gasteiger partial charge >= 0.3 is 0 Å². The number of allylic oxidation sites excluding steroid dienone is 1. The number of rotatable bonds is 3. The highest BCUT2D eigenvalue weighted by molar-refractivity contribution is 5.88. The number of hydrogen-bond donors (Lipinski definition) is 0. The fourth-order valence-corrected chi connectivity index (χ4v) is 8.01. The summed E-state index contributed by atoms with van der Waals surface area (Å²) < 4.78 is 0. The Hall–Kier alpha value is -1.32. The van der Waals surface area contributed by atoms with E-state index in [1.807, 2.05) is 18.0 Å². The topological polar surface area (TPSA) is 40.6 Å². The first-order chi connectivity index (χ1) is 13.8. The molecule has 1 saturated heterocycles. The second kappa shape index (κ2) is 7.42. The van der Waals surface area contributed by atoms with Gasteiger partial charge in [-0.15, -0.1) is 0 Å². The van der Waals surface area contributed by atoms with Crippen LogP contribution in [0.4, 0.5) is 0 Å². The minimum atomic E-state index is 0.198. The Morgan fingerprint density at radius 1 is 1.07 bits per heavy atom. The van der Waals surface area contributed by atoms with Crippen LogP contribution in [0.1, 0.15) is 79.1 Å². The highest BCUT2D eigenvalue weighted by atomic mass is 16.2. The number of carbonyl (C=O) groups excluding carboxylic acids is 2. The lowest BCUT2D eigenvalue weighted by molar-refractivity contribution is -0.156. The quantitative estimate of drug-likeness (QED) is 0.647. The van der Waals surface area contributed by atoms with Crippen LogP contribution in [0.2, 0.25) is 0 Å². The summed E-state index contributed by atoms with van der Waals surface area (Å²) in [5.74, 6) is 2.74. The Kier molecular flexibility index (Phi) is 5.36. The van der Waals surface area contributed by atoms with Gasteiger partial charge in [-0.2, -0.15) is 0 Å². The SMILES string of the molecule is CCN(CC)C(=O)/C=C1\CCC2C3CCC4N(C)C(=O)CCC4(C)C3CCC12C. The first kappa shape index (κ1) is 20.9. The van der Waals surface area contributed by atoms with Gasteiger partial charge in [0.15, 0.2) is 0 Å². The van der Waals surface area contributed by atoms with Crippen LogP contribution in [0.3, 0.4) is 0 Å². The maximum absolute atomic E-state index is 12.8. The Morgan fingerprint density at radius 2 is 1.79 bits per heavy atom. The van der Waals surface area contributed by atoms with Crippen molar-refractivity contribution in [3.05, 3.63) is 11.6 Å². The molecule has 0 spiro atoms. The highest BCUT2D eigenvalue weighted by Crippen LogP contribution is 2.66. The molecule has 3 saturated carbocycles. The second-order valence-corrected chi connectivity index (χ2v) is 10.7. The predicted octanol–water partition coefficient (Wildman–Crippen LogP) is 4.64. The van der Waals surface area contributed by atoms with Gasteiger partial charge in [0, 0.05) is 38.7 Å². The van der Waals surface area contributed by atoms with E-state index in [1.165, 1.54) is 31.3 Å². The summed E-state index contributed by atoms with van der Waals surface area (Å²) in [5.41, 5.74) is 1.89. The monoisotopic (exact) mass is 400 g/mol. The molecule has 4 aliphatic rings. The van der Waals surface area contributed by atoms with E-state index in [1.54, 1.807) is 0 Å². The molecule has 4 rings (SSSR count). The van der Waals surface area contributed by atoms with Crippen molar-refractivity contribution in [2.24, 2.45) is 28.6 Å². The molecule has 0 aromatic carbocycles. The molecule has 162 valence electrons. The third-order valence-electron chi connectivity index (χ3n) is 9.78. The number of piperidine rings is 1. The Bertz CT molecular complexity index is 712. The molecule has 2 amide bonds. The summed E-state index contributed by atoms with van der Waals surface area (Å²) >= 11 is 0. The Balaban J connectivity index is 1.58. The maximum atomic E-state index is 12.8. The predicted molar refractivity (Wildman–Crippen MR) is 116 cm³/mol. The zero-order valence-electron chi connectivity index (χ0n) is 19.2. The van der Waals surface area contributed by atoms with Crippen LogP contribution >= 0.6 is 0 Å². The molecule has 0 bridgehead atoms. The first-order valence-electron chi connectivity index (χ1n) is 12.0. The first-order valence-corrected chi connectivity index (χ1v) is 12.0. The normalized spacial score (nSPS) is 43.0. The molecule has 0 aromatic rings. The van der Waals surface area contributed by atoms with Gasteiger partial charge in [0.05, 0.1) is 0 Å². The number of carbonyl (C=O) groups is 2. The molecule has 0 radical (unpaired) electrons. The third kappa shape index (κ3) is 3.08. The van der Waals surface area contributed by atoms with Gasteiger partial charge in [-0.3, -0.25) is 9.59 Å². The van der Waals surface area contributed by atoms with E-state index in [4.69, 9.17) is 0 Å². The number of amides is 2. The molecule has 3 aliphatic carbocycles. The van der Waals surface area contributed by atoms with Gasteiger partial charge < -0.3 is 9.80 Å². The smallest absolute Gasteiger partial charge is 0.246 e. The maximum Gasteiger partial charge on any atom is 0.246 e. The molecule has 4 nitrogen and oxygen atoms in total. The van der Waals surface area contributed by atoms with Crippen molar-refractivity contribution in [1.29, 1.82) is 0 Å². The lowest BCUT2D eigenvalue weighted by atomic mass is 9.47. The highest BCUT2D eigenvalue weighted by Gasteiger charge is 2.60. The van der Waals surface area contributed by atoms with Crippen molar-refractivity contribution in [3.8, 4) is 0 Å². The molecule has 0 aromatic heterocycles. The molecule has 1 heterocycles. The summed E-state index contributed by atoms with van der Waals surface area (Å²) in [6, 6.07) is 0.426. The molecule has 0 N–H and O–H groups in total. The van der Waals surface area contributed by atoms with E-state index in [0.717, 1.165) is 50.6 Å². The molecule has 29 heavy (non-hydrogen) atoms. The molecule has 6 unspecified atom stereocenters. The summed E-state index contributed by atoms with van der Waals surface area (Å²) in [6.07, 6.45) is 11.0. The Morgan fingerprint density at radius 3 is 2.48 bits per heavy atom. The molecule has 6 atom stereocenters. The molecular weight excluding hydrogens is 360 g/mol. The van der Waals surface area contributed by atoms with Gasteiger partial charge in [-0.1, -0.05) is 19.4 Å². The average molecular weight is 401 g/mol. The summed E-state index contributed by atoms with van der Waals surface area (Å²) in [5, 5.41) is 0. The number of fused-ring (bicyclic) bond motifs is 5. The van der Waals surface area contributed by atoms with Crippen molar-refractivity contribution < 1.29 is 9.59 Å². The minimum Gasteiger partial charge on any atom is -0.342 e. The number of likely N-dealkylation sites (tertiary alicyclic amines) is 1. The van der Waals surface area contributed by atoms with Crippen LogP contribution in [0.25, 0.3) is 0 Å². The summed E-state index contributed by atoms with van der Waals surface area (Å²) in [6.45, 7) is 10.6.